The van der Waals surface area contributed by atoms with Crippen LogP contribution in [-0.4, -0.2) is 56.8 Å². The van der Waals surface area contributed by atoms with Crippen molar-refractivity contribution in [2.24, 2.45) is 0 Å². The summed E-state index contributed by atoms with van der Waals surface area (Å²) in [7, 11) is -1.52. The first-order valence-electron chi connectivity index (χ1n) is 9.98. The van der Waals surface area contributed by atoms with Crippen LogP contribution in [0.15, 0.2) is 71.6 Å². The summed E-state index contributed by atoms with van der Waals surface area (Å²) in [5, 5.41) is 5.08. The molecule has 0 atom stereocenters. The molecule has 0 bridgehead atoms. The number of hydrogen-bond donors (Lipinski definition) is 1. The number of hydrogen-bond acceptors (Lipinski definition) is 4. The monoisotopic (exact) mass is 423 g/mol. The van der Waals surface area contributed by atoms with Gasteiger partial charge in [0, 0.05) is 31.9 Å². The zero-order chi connectivity index (χ0) is 21.1. The molecule has 30 heavy (non-hydrogen) atoms. The van der Waals surface area contributed by atoms with Gasteiger partial charge in [-0.25, -0.2) is 8.42 Å². The van der Waals surface area contributed by atoms with E-state index in [9.17, 15) is 13.2 Å². The van der Waals surface area contributed by atoms with Crippen LogP contribution in [0.1, 0.15) is 5.56 Å². The van der Waals surface area contributed by atoms with Gasteiger partial charge in [0.1, 0.15) is 0 Å². The van der Waals surface area contributed by atoms with Crippen LogP contribution < -0.4 is 5.32 Å². The lowest BCUT2D eigenvalue weighted by Crippen LogP contribution is -2.46. The molecular formula is C23H25N3O3S. The van der Waals surface area contributed by atoms with E-state index in [1.54, 1.807) is 24.3 Å². The second-order valence-corrected chi connectivity index (χ2v) is 9.58. The summed E-state index contributed by atoms with van der Waals surface area (Å²) < 4.78 is 27.1. The van der Waals surface area contributed by atoms with E-state index in [1.165, 1.54) is 4.31 Å². The van der Waals surface area contributed by atoms with Crippen LogP contribution >= 0.6 is 0 Å². The molecule has 1 saturated heterocycles. The maximum Gasteiger partial charge on any atom is 0.243 e. The molecule has 1 amide bonds. The highest BCUT2D eigenvalue weighted by Crippen LogP contribution is 2.20. The Morgan fingerprint density at radius 3 is 2.27 bits per heavy atom. The lowest BCUT2D eigenvalue weighted by Gasteiger charge is -2.31. The first kappa shape index (κ1) is 20.5. The smallest absolute Gasteiger partial charge is 0.243 e. The summed E-state index contributed by atoms with van der Waals surface area (Å²) in [6.07, 6.45) is 0.256. The second-order valence-electron chi connectivity index (χ2n) is 7.64. The Labute approximate surface area is 177 Å². The molecule has 3 aromatic rings. The van der Waals surface area contributed by atoms with E-state index < -0.39 is 10.0 Å². The molecule has 3 aromatic carbocycles. The van der Waals surface area contributed by atoms with Gasteiger partial charge in [-0.3, -0.25) is 4.79 Å². The fourth-order valence-electron chi connectivity index (χ4n) is 3.63. The van der Waals surface area contributed by atoms with Crippen LogP contribution in [0.2, 0.25) is 0 Å². The molecule has 1 N–H and O–H groups in total. The number of nitrogens with one attached hydrogen (secondary N) is 1. The molecule has 156 valence electrons. The number of anilines is 1. The summed E-state index contributed by atoms with van der Waals surface area (Å²) in [4.78, 5) is 14.8. The average molecular weight is 424 g/mol. The van der Waals surface area contributed by atoms with Crippen molar-refractivity contribution in [1.82, 2.24) is 9.21 Å². The molecule has 7 heteroatoms. The van der Waals surface area contributed by atoms with Crippen LogP contribution in [0.5, 0.6) is 0 Å². The first-order valence-corrected chi connectivity index (χ1v) is 11.4. The number of carbonyl (C=O) groups excluding carboxylic acids is 1. The molecule has 1 heterocycles. The van der Waals surface area contributed by atoms with Crippen molar-refractivity contribution in [3.8, 4) is 0 Å². The highest BCUT2D eigenvalue weighted by molar-refractivity contribution is 7.89. The van der Waals surface area contributed by atoms with Crippen molar-refractivity contribution >= 4 is 32.4 Å². The van der Waals surface area contributed by atoms with Gasteiger partial charge in [0.05, 0.1) is 11.3 Å². The summed E-state index contributed by atoms with van der Waals surface area (Å²) in [5.41, 5.74) is 1.51. The maximum atomic E-state index is 12.8. The van der Waals surface area contributed by atoms with E-state index in [0.717, 1.165) is 29.4 Å². The van der Waals surface area contributed by atoms with Gasteiger partial charge in [-0.1, -0.05) is 42.5 Å². The second kappa shape index (κ2) is 8.55. The largest absolute Gasteiger partial charge is 0.326 e. The fourth-order valence-corrected chi connectivity index (χ4v) is 5.05. The predicted molar refractivity (Wildman–Crippen MR) is 119 cm³/mol. The molecule has 4 rings (SSSR count). The van der Waals surface area contributed by atoms with Crippen molar-refractivity contribution in [1.29, 1.82) is 0 Å². The summed E-state index contributed by atoms with van der Waals surface area (Å²) in [6, 6.07) is 20.4. The van der Waals surface area contributed by atoms with E-state index in [1.807, 2.05) is 49.5 Å². The Morgan fingerprint density at radius 2 is 1.57 bits per heavy atom. The number of piperazine rings is 1. The van der Waals surface area contributed by atoms with E-state index >= 15 is 0 Å². The fraction of sp³-hybridized carbons (Fsp3) is 0.261. The van der Waals surface area contributed by atoms with Crippen LogP contribution in [0.3, 0.4) is 0 Å². The molecule has 0 saturated carbocycles. The number of fused-ring (bicyclic) bond motifs is 1. The number of carbonyl (C=O) groups is 1. The van der Waals surface area contributed by atoms with E-state index in [-0.39, 0.29) is 17.2 Å². The summed E-state index contributed by atoms with van der Waals surface area (Å²) in [6.45, 7) is 2.43. The molecule has 0 unspecified atom stereocenters. The molecular weight excluding hydrogens is 398 g/mol. The van der Waals surface area contributed by atoms with E-state index in [2.05, 4.69) is 10.2 Å². The van der Waals surface area contributed by atoms with Gasteiger partial charge in [0.25, 0.3) is 0 Å². The van der Waals surface area contributed by atoms with Gasteiger partial charge in [-0.2, -0.15) is 4.31 Å². The minimum Gasteiger partial charge on any atom is -0.326 e. The van der Waals surface area contributed by atoms with E-state index in [0.29, 0.717) is 18.8 Å². The van der Waals surface area contributed by atoms with Gasteiger partial charge in [-0.05, 0) is 47.6 Å². The Hall–Kier alpha value is -2.74. The maximum absolute atomic E-state index is 12.8. The number of rotatable bonds is 5. The van der Waals surface area contributed by atoms with Gasteiger partial charge in [-0.15, -0.1) is 0 Å². The molecule has 1 aliphatic rings. The third kappa shape index (κ3) is 4.53. The topological polar surface area (TPSA) is 69.7 Å². The lowest BCUT2D eigenvalue weighted by atomic mass is 10.0. The molecule has 1 aliphatic heterocycles. The van der Waals surface area contributed by atoms with Crippen LogP contribution in [0, 0.1) is 0 Å². The summed E-state index contributed by atoms with van der Waals surface area (Å²) >= 11 is 0. The number of sulfonamides is 1. The molecule has 1 fully saturated rings. The van der Waals surface area contributed by atoms with E-state index in [4.69, 9.17) is 0 Å². The van der Waals surface area contributed by atoms with Gasteiger partial charge in [0.2, 0.25) is 15.9 Å². The van der Waals surface area contributed by atoms with Gasteiger partial charge < -0.3 is 10.2 Å². The SMILES string of the molecule is CN1CCN(S(=O)(=O)c2ccc(NC(=O)Cc3ccc4ccccc4c3)cc2)CC1. The highest BCUT2D eigenvalue weighted by Gasteiger charge is 2.27. The molecule has 0 spiro atoms. The Kier molecular flexibility index (Phi) is 5.85. The van der Waals surface area contributed by atoms with Crippen molar-refractivity contribution in [3.05, 3.63) is 72.3 Å². The van der Waals surface area contributed by atoms with Gasteiger partial charge in [0.15, 0.2) is 0 Å². The molecule has 6 nitrogen and oxygen atoms in total. The number of likely N-dealkylation sites (N-methyl/N-ethyl adjacent to an activating group) is 1. The third-order valence-corrected chi connectivity index (χ3v) is 7.33. The Bertz CT molecular complexity index is 1150. The lowest BCUT2D eigenvalue weighted by molar-refractivity contribution is -0.115. The van der Waals surface area contributed by atoms with Crippen LogP contribution in [-0.2, 0) is 21.2 Å². The zero-order valence-corrected chi connectivity index (χ0v) is 17.7. The van der Waals surface area contributed by atoms with Crippen LogP contribution in [0.25, 0.3) is 10.8 Å². The third-order valence-electron chi connectivity index (χ3n) is 5.42. The minimum atomic E-state index is -3.51. The normalized spacial score (nSPS) is 15.9. The highest BCUT2D eigenvalue weighted by atomic mass is 32.2. The molecule has 0 aliphatic carbocycles. The first-order chi connectivity index (χ1) is 14.4. The summed E-state index contributed by atoms with van der Waals surface area (Å²) in [5.74, 6) is -0.139. The Morgan fingerprint density at radius 1 is 0.900 bits per heavy atom. The number of nitrogens with zero attached hydrogens (tertiary/aromatic N) is 2. The van der Waals surface area contributed by atoms with Crippen molar-refractivity contribution in [2.75, 3.05) is 38.5 Å². The standard InChI is InChI=1S/C23H25N3O3S/c1-25-12-14-26(15-13-25)30(28,29)22-10-8-21(9-11-22)24-23(27)17-18-6-7-19-4-2-3-5-20(19)16-18/h2-11,16H,12-15,17H2,1H3,(H,24,27). The molecule has 0 aromatic heterocycles. The Balaban J connectivity index is 1.40. The average Bonchev–Trinajstić information content (AvgIpc) is 2.74. The van der Waals surface area contributed by atoms with Crippen LogP contribution in [0.4, 0.5) is 5.69 Å². The van der Waals surface area contributed by atoms with Crippen molar-refractivity contribution in [2.45, 2.75) is 11.3 Å². The number of amides is 1. The van der Waals surface area contributed by atoms with Crippen molar-refractivity contribution in [3.63, 3.8) is 0 Å². The van der Waals surface area contributed by atoms with Crippen molar-refractivity contribution < 1.29 is 13.2 Å². The minimum absolute atomic E-state index is 0.139. The molecule has 0 radical (unpaired) electrons. The zero-order valence-electron chi connectivity index (χ0n) is 16.9. The number of benzene rings is 3. The predicted octanol–water partition coefficient (Wildman–Crippen LogP) is 2.96. The van der Waals surface area contributed by atoms with Gasteiger partial charge >= 0.3 is 0 Å². The quantitative estimate of drug-likeness (QED) is 0.685.